The predicted molar refractivity (Wildman–Crippen MR) is 132 cm³/mol. The number of hydrogen-bond acceptors (Lipinski definition) is 10. The molecule has 0 atom stereocenters. The van der Waals surface area contributed by atoms with Crippen LogP contribution in [0.25, 0.3) is 16.9 Å². The Hall–Kier alpha value is -5.13. The third-order valence-corrected chi connectivity index (χ3v) is 5.54. The van der Waals surface area contributed by atoms with E-state index in [0.29, 0.717) is 29.5 Å². The first-order valence-electron chi connectivity index (χ1n) is 10.9. The van der Waals surface area contributed by atoms with Crippen LogP contribution in [-0.4, -0.2) is 36.1 Å². The molecule has 4 heterocycles. The van der Waals surface area contributed by atoms with Crippen LogP contribution in [0.1, 0.15) is 22.5 Å². The average Bonchev–Trinajstić information content (AvgIpc) is 3.19. The average molecular weight is 526 g/mol. The molecule has 4 aromatic rings. The quantitative estimate of drug-likeness (QED) is 0.319. The molecule has 38 heavy (non-hydrogen) atoms. The van der Waals surface area contributed by atoms with Crippen molar-refractivity contribution in [2.24, 2.45) is 19.8 Å². The lowest BCUT2D eigenvalue weighted by Crippen LogP contribution is -2.23. The van der Waals surface area contributed by atoms with Crippen molar-refractivity contribution in [1.29, 1.82) is 5.26 Å². The van der Waals surface area contributed by atoms with Gasteiger partial charge in [0.15, 0.2) is 17.2 Å². The van der Waals surface area contributed by atoms with Gasteiger partial charge in [-0.2, -0.15) is 23.4 Å². The summed E-state index contributed by atoms with van der Waals surface area (Å²) in [6.07, 6.45) is -0.0577. The van der Waals surface area contributed by atoms with E-state index in [-0.39, 0.29) is 39.9 Å². The van der Waals surface area contributed by atoms with Crippen LogP contribution < -0.4 is 26.7 Å². The van der Waals surface area contributed by atoms with Gasteiger partial charge in [-0.1, -0.05) is 0 Å². The number of nitrogens with zero attached hydrogens (tertiary/aromatic N) is 7. The maximum Gasteiger partial charge on any atom is 0.417 e. The van der Waals surface area contributed by atoms with E-state index in [1.165, 1.54) is 37.3 Å². The molecule has 0 aliphatic carbocycles. The summed E-state index contributed by atoms with van der Waals surface area (Å²) >= 11 is 0. The molecule has 0 saturated heterocycles. The van der Waals surface area contributed by atoms with Gasteiger partial charge in [0.05, 0.1) is 23.7 Å². The van der Waals surface area contributed by atoms with E-state index in [1.807, 2.05) is 6.07 Å². The van der Waals surface area contributed by atoms with E-state index in [4.69, 9.17) is 10.5 Å². The molecule has 12 nitrogen and oxygen atoms in total. The number of nitrogens with one attached hydrogen (secondary N) is 2. The van der Waals surface area contributed by atoms with Crippen LogP contribution in [0.3, 0.4) is 0 Å². The summed E-state index contributed by atoms with van der Waals surface area (Å²) in [7, 11) is 4.41. The smallest absolute Gasteiger partial charge is 0.417 e. The van der Waals surface area contributed by atoms with Crippen molar-refractivity contribution < 1.29 is 17.9 Å². The molecular weight excluding hydrogens is 505 g/mol. The first-order valence-corrected chi connectivity index (χ1v) is 10.9. The third kappa shape index (κ3) is 4.66. The van der Waals surface area contributed by atoms with Crippen molar-refractivity contribution in [3.63, 3.8) is 0 Å². The van der Waals surface area contributed by atoms with Gasteiger partial charge in [-0.25, -0.2) is 15.0 Å². The maximum atomic E-state index is 13.3. The number of alkyl halides is 3. The zero-order valence-corrected chi connectivity index (χ0v) is 20.5. The number of imidazole rings is 1. The molecule has 0 radical (unpaired) electrons. The molecule has 0 saturated carbocycles. The van der Waals surface area contributed by atoms with E-state index in [0.717, 1.165) is 4.57 Å². The Morgan fingerprint density at radius 2 is 1.97 bits per heavy atom. The summed E-state index contributed by atoms with van der Waals surface area (Å²) in [5, 5.41) is 15.4. The summed E-state index contributed by atoms with van der Waals surface area (Å²) in [6, 6.07) is 2.73. The molecule has 196 valence electrons. The largest absolute Gasteiger partial charge is 0.450 e. The summed E-state index contributed by atoms with van der Waals surface area (Å²) in [6.45, 7) is 1.71. The minimum absolute atomic E-state index is 0.0171. The van der Waals surface area contributed by atoms with Crippen molar-refractivity contribution in [2.45, 2.75) is 13.1 Å². The van der Waals surface area contributed by atoms with Gasteiger partial charge >= 0.3 is 6.18 Å². The summed E-state index contributed by atoms with van der Waals surface area (Å²) in [5.41, 5.74) is 4.86. The Labute approximate surface area is 213 Å². The molecule has 4 N–H and O–H groups in total. The van der Waals surface area contributed by atoms with Crippen molar-refractivity contribution in [3.8, 4) is 11.8 Å². The second kappa shape index (κ2) is 9.73. The van der Waals surface area contributed by atoms with Crippen LogP contribution in [0, 0.1) is 18.3 Å². The van der Waals surface area contributed by atoms with Crippen molar-refractivity contribution >= 4 is 34.4 Å². The topological polar surface area (TPSA) is 162 Å². The van der Waals surface area contributed by atoms with E-state index in [1.54, 1.807) is 14.0 Å². The number of pyridine rings is 2. The van der Waals surface area contributed by atoms with E-state index < -0.39 is 17.3 Å². The van der Waals surface area contributed by atoms with Gasteiger partial charge in [-0.15, -0.1) is 0 Å². The number of ether oxygens (including phenoxy) is 1. The molecule has 15 heteroatoms. The molecular formula is C23H21F3N10O2. The Balaban J connectivity index is 1.76. The highest BCUT2D eigenvalue weighted by atomic mass is 19.4. The molecule has 4 rings (SSSR count). The van der Waals surface area contributed by atoms with Crippen molar-refractivity contribution in [2.75, 3.05) is 17.7 Å². The molecule has 0 bridgehead atoms. The molecule has 0 aliphatic heterocycles. The number of hydrogen-bond donors (Lipinski definition) is 3. The lowest BCUT2D eigenvalue weighted by Gasteiger charge is -2.13. The molecule has 0 aliphatic rings. The fraction of sp³-hybridized carbons (Fsp3) is 0.217. The normalized spacial score (nSPS) is 11.9. The van der Waals surface area contributed by atoms with E-state index in [9.17, 15) is 23.2 Å². The molecule has 4 aromatic heterocycles. The van der Waals surface area contributed by atoms with Crippen LogP contribution >= 0.6 is 0 Å². The highest BCUT2D eigenvalue weighted by Crippen LogP contribution is 2.32. The van der Waals surface area contributed by atoms with Crippen LogP contribution in [0.4, 0.5) is 30.6 Å². The first kappa shape index (κ1) is 25.9. The lowest BCUT2D eigenvalue weighted by molar-refractivity contribution is -0.138. The van der Waals surface area contributed by atoms with Crippen LogP contribution in [0.2, 0.25) is 0 Å². The summed E-state index contributed by atoms with van der Waals surface area (Å²) in [5.74, 6) is 0.661. The van der Waals surface area contributed by atoms with E-state index >= 15 is 0 Å². The Bertz CT molecular complexity index is 1680. The number of fused-ring (bicyclic) bond motifs is 1. The highest BCUT2D eigenvalue weighted by Gasteiger charge is 2.32. The fourth-order valence-corrected chi connectivity index (χ4v) is 3.65. The van der Waals surface area contributed by atoms with Gasteiger partial charge in [-0.3, -0.25) is 4.79 Å². The predicted octanol–water partition coefficient (Wildman–Crippen LogP) is 2.78. The monoisotopic (exact) mass is 526 g/mol. The Morgan fingerprint density at radius 1 is 1.24 bits per heavy atom. The Morgan fingerprint density at radius 3 is 2.58 bits per heavy atom. The number of halogens is 3. The second-order valence-electron chi connectivity index (χ2n) is 8.03. The van der Waals surface area contributed by atoms with Crippen LogP contribution in [-0.2, 0) is 20.3 Å². The number of rotatable bonds is 6. The van der Waals surface area contributed by atoms with Crippen molar-refractivity contribution in [3.05, 3.63) is 63.7 Å². The van der Waals surface area contributed by atoms with Gasteiger partial charge in [-0.05, 0) is 13.0 Å². The van der Waals surface area contributed by atoms with E-state index in [2.05, 4.69) is 30.6 Å². The zero-order valence-electron chi connectivity index (χ0n) is 20.5. The number of aromatic nitrogens is 6. The maximum absolute atomic E-state index is 13.3. The van der Waals surface area contributed by atoms with Gasteiger partial charge in [0.25, 0.3) is 5.56 Å². The minimum Gasteiger partial charge on any atom is -0.450 e. The van der Waals surface area contributed by atoms with Crippen molar-refractivity contribution in [1.82, 2.24) is 29.1 Å². The Kier molecular flexibility index (Phi) is 6.64. The molecule has 0 unspecified atom stereocenters. The van der Waals surface area contributed by atoms with Gasteiger partial charge < -0.3 is 30.2 Å². The fourth-order valence-electron chi connectivity index (χ4n) is 3.65. The number of nitriles is 1. The third-order valence-electron chi connectivity index (χ3n) is 5.54. The van der Waals surface area contributed by atoms with Crippen LogP contribution in [0.5, 0.6) is 5.75 Å². The number of aryl methyl sites for hydroxylation is 3. The van der Waals surface area contributed by atoms with Gasteiger partial charge in [0.1, 0.15) is 34.3 Å². The number of nitrogens with two attached hydrogens (primary N) is 1. The molecule has 0 spiro atoms. The highest BCUT2D eigenvalue weighted by molar-refractivity contribution is 5.84. The lowest BCUT2D eigenvalue weighted by atomic mass is 10.2. The summed E-state index contributed by atoms with van der Waals surface area (Å²) in [4.78, 5) is 29.6. The SMILES string of the molecule is CNc1cnc(C(=CN)Oc2cnc3nc(Nc4cc(C(F)(F)F)cn(C)c4=O)n(C)c3c2C#N)c(C)n1. The standard InChI is InChI=1S/C23H21F3N10O2/c1-11-18(30-9-17(29-2)32-11)15(7-28)38-16-8-31-20-19(13(16)6-27)36(4)22(34-20)33-14-5-12(23(24,25)26)10-35(3)21(14)37/h5,7-10H,28H2,1-4H3,(H,29,32)(H,31,33,34). The minimum atomic E-state index is -4.67. The number of anilines is 3. The second-order valence-corrected chi connectivity index (χ2v) is 8.03. The molecule has 0 aromatic carbocycles. The van der Waals surface area contributed by atoms with Gasteiger partial charge in [0, 0.05) is 33.5 Å². The van der Waals surface area contributed by atoms with Crippen LogP contribution in [0.15, 0.2) is 35.7 Å². The molecule has 0 amide bonds. The van der Waals surface area contributed by atoms with Gasteiger partial charge in [0.2, 0.25) is 5.95 Å². The summed E-state index contributed by atoms with van der Waals surface area (Å²) < 4.78 is 47.9. The molecule has 0 fully saturated rings. The first-order chi connectivity index (χ1) is 18.0. The zero-order chi connectivity index (χ0) is 27.8.